The van der Waals surface area contributed by atoms with Gasteiger partial charge in [-0.25, -0.2) is 0 Å². The van der Waals surface area contributed by atoms with Crippen LogP contribution >= 0.6 is 0 Å². The third kappa shape index (κ3) is 5.38. The topological polar surface area (TPSA) is 27.7 Å². The van der Waals surface area contributed by atoms with Gasteiger partial charge in [0, 0.05) is 51.4 Å². The van der Waals surface area contributed by atoms with Crippen LogP contribution in [0, 0.1) is 5.92 Å². The van der Waals surface area contributed by atoms with E-state index < -0.39 is 0 Å². The van der Waals surface area contributed by atoms with E-state index in [1.54, 1.807) is 7.11 Å². The van der Waals surface area contributed by atoms with E-state index in [9.17, 15) is 0 Å². The summed E-state index contributed by atoms with van der Waals surface area (Å²) < 4.78 is 5.31. The van der Waals surface area contributed by atoms with Gasteiger partial charge < -0.3 is 15.0 Å². The van der Waals surface area contributed by atoms with Gasteiger partial charge in [-0.15, -0.1) is 0 Å². The summed E-state index contributed by atoms with van der Waals surface area (Å²) in [6.45, 7) is 15.7. The first-order valence-electron chi connectivity index (χ1n) is 7.52. The lowest BCUT2D eigenvalue weighted by Crippen LogP contribution is -2.58. The maximum absolute atomic E-state index is 5.31. The Hall–Kier alpha value is -0.160. The molecule has 0 spiro atoms. The second kappa shape index (κ2) is 7.58. The summed E-state index contributed by atoms with van der Waals surface area (Å²) in [6, 6.07) is 0.441. The van der Waals surface area contributed by atoms with E-state index in [1.165, 1.54) is 26.2 Å². The van der Waals surface area contributed by atoms with E-state index in [2.05, 4.69) is 49.9 Å². The Morgan fingerprint density at radius 1 is 1.16 bits per heavy atom. The van der Waals surface area contributed by atoms with Crippen molar-refractivity contribution in [3.05, 3.63) is 0 Å². The third-order valence-electron chi connectivity index (χ3n) is 4.31. The third-order valence-corrected chi connectivity index (χ3v) is 4.31. The lowest BCUT2D eigenvalue weighted by atomic mass is 9.99. The molecule has 4 nitrogen and oxygen atoms in total. The molecule has 1 fully saturated rings. The Bertz CT molecular complexity index is 248. The number of rotatable bonds is 7. The van der Waals surface area contributed by atoms with Crippen molar-refractivity contribution >= 4 is 0 Å². The van der Waals surface area contributed by atoms with Gasteiger partial charge in [0.1, 0.15) is 0 Å². The summed E-state index contributed by atoms with van der Waals surface area (Å²) in [6.07, 6.45) is 0. The standard InChI is InChI=1S/C15H33N3O/c1-13(2)14(11-19-6)16-12-15(3,4)18-9-7-17(5)8-10-18/h13-14,16H,7-12H2,1-6H3. The predicted molar refractivity (Wildman–Crippen MR) is 81.7 cm³/mol. The summed E-state index contributed by atoms with van der Waals surface area (Å²) >= 11 is 0. The highest BCUT2D eigenvalue weighted by molar-refractivity contribution is 4.88. The van der Waals surface area contributed by atoms with Crippen LogP contribution in [0.5, 0.6) is 0 Å². The first-order valence-corrected chi connectivity index (χ1v) is 7.52. The fourth-order valence-corrected chi connectivity index (χ4v) is 2.57. The van der Waals surface area contributed by atoms with Gasteiger partial charge in [-0.1, -0.05) is 13.8 Å². The molecule has 1 N–H and O–H groups in total. The summed E-state index contributed by atoms with van der Waals surface area (Å²) in [5.41, 5.74) is 0.210. The van der Waals surface area contributed by atoms with Gasteiger partial charge in [0.15, 0.2) is 0 Å². The molecule has 1 aliphatic rings. The maximum atomic E-state index is 5.31. The van der Waals surface area contributed by atoms with E-state index in [-0.39, 0.29) is 5.54 Å². The Kier molecular flexibility index (Phi) is 6.74. The van der Waals surface area contributed by atoms with Crippen molar-refractivity contribution in [1.29, 1.82) is 0 Å². The molecule has 1 unspecified atom stereocenters. The zero-order valence-corrected chi connectivity index (χ0v) is 13.7. The highest BCUT2D eigenvalue weighted by Gasteiger charge is 2.29. The van der Waals surface area contributed by atoms with Gasteiger partial charge >= 0.3 is 0 Å². The molecule has 0 aromatic rings. The molecular formula is C15H33N3O. The van der Waals surface area contributed by atoms with Crippen molar-refractivity contribution in [2.45, 2.75) is 39.3 Å². The number of hydrogen-bond donors (Lipinski definition) is 1. The number of nitrogens with zero attached hydrogens (tertiary/aromatic N) is 2. The van der Waals surface area contributed by atoms with Crippen LogP contribution in [0.2, 0.25) is 0 Å². The lowest BCUT2D eigenvalue weighted by molar-refractivity contribution is 0.0545. The molecule has 0 amide bonds. The summed E-state index contributed by atoms with van der Waals surface area (Å²) in [4.78, 5) is 5.01. The zero-order chi connectivity index (χ0) is 14.5. The Labute approximate surface area is 119 Å². The zero-order valence-electron chi connectivity index (χ0n) is 13.7. The fourth-order valence-electron chi connectivity index (χ4n) is 2.57. The lowest BCUT2D eigenvalue weighted by Gasteiger charge is -2.44. The summed E-state index contributed by atoms with van der Waals surface area (Å²) in [7, 11) is 3.98. The summed E-state index contributed by atoms with van der Waals surface area (Å²) in [5.74, 6) is 0.600. The molecule has 0 aliphatic carbocycles. The number of likely N-dealkylation sites (N-methyl/N-ethyl adjacent to an activating group) is 1. The van der Waals surface area contributed by atoms with Crippen LogP contribution < -0.4 is 5.32 Å². The van der Waals surface area contributed by atoms with Gasteiger partial charge in [-0.2, -0.15) is 0 Å². The molecule has 1 atom stereocenters. The van der Waals surface area contributed by atoms with Gasteiger partial charge in [0.25, 0.3) is 0 Å². The van der Waals surface area contributed by atoms with Crippen molar-refractivity contribution in [3.63, 3.8) is 0 Å². The molecule has 19 heavy (non-hydrogen) atoms. The van der Waals surface area contributed by atoms with Crippen molar-refractivity contribution in [2.24, 2.45) is 5.92 Å². The number of hydrogen-bond acceptors (Lipinski definition) is 4. The van der Waals surface area contributed by atoms with E-state index in [0.29, 0.717) is 12.0 Å². The van der Waals surface area contributed by atoms with E-state index in [1.807, 2.05) is 0 Å². The molecule has 0 bridgehead atoms. The molecular weight excluding hydrogens is 238 g/mol. The van der Waals surface area contributed by atoms with Gasteiger partial charge in [-0.3, -0.25) is 4.90 Å². The second-order valence-electron chi connectivity index (χ2n) is 6.79. The van der Waals surface area contributed by atoms with Crippen molar-refractivity contribution in [1.82, 2.24) is 15.1 Å². The Morgan fingerprint density at radius 2 is 1.74 bits per heavy atom. The number of methoxy groups -OCH3 is 1. The quantitative estimate of drug-likeness (QED) is 0.755. The molecule has 0 saturated carbocycles. The monoisotopic (exact) mass is 271 g/mol. The number of nitrogens with one attached hydrogen (secondary N) is 1. The first kappa shape index (κ1) is 16.9. The first-order chi connectivity index (χ1) is 8.86. The molecule has 114 valence electrons. The maximum Gasteiger partial charge on any atom is 0.0618 e. The number of piperazine rings is 1. The molecule has 0 aromatic carbocycles. The van der Waals surface area contributed by atoms with Crippen LogP contribution in [-0.2, 0) is 4.74 Å². The minimum Gasteiger partial charge on any atom is -0.383 e. The number of ether oxygens (including phenoxy) is 1. The van der Waals surface area contributed by atoms with Gasteiger partial charge in [0.2, 0.25) is 0 Å². The minimum absolute atomic E-state index is 0.210. The average Bonchev–Trinajstić information content (AvgIpc) is 2.34. The van der Waals surface area contributed by atoms with Crippen molar-refractivity contribution in [2.75, 3.05) is 53.5 Å². The van der Waals surface area contributed by atoms with Crippen LogP contribution in [0.3, 0.4) is 0 Å². The molecule has 0 radical (unpaired) electrons. The minimum atomic E-state index is 0.210. The molecule has 4 heteroatoms. The highest BCUT2D eigenvalue weighted by atomic mass is 16.5. The van der Waals surface area contributed by atoms with Gasteiger partial charge in [0.05, 0.1) is 6.61 Å². The summed E-state index contributed by atoms with van der Waals surface area (Å²) in [5, 5.41) is 3.69. The van der Waals surface area contributed by atoms with Crippen molar-refractivity contribution < 1.29 is 4.74 Å². The molecule has 1 heterocycles. The molecule has 1 rings (SSSR count). The van der Waals surface area contributed by atoms with Crippen LogP contribution in [0.25, 0.3) is 0 Å². The molecule has 1 saturated heterocycles. The van der Waals surface area contributed by atoms with E-state index in [0.717, 1.165) is 13.2 Å². The van der Waals surface area contributed by atoms with Gasteiger partial charge in [-0.05, 0) is 26.8 Å². The van der Waals surface area contributed by atoms with Crippen LogP contribution in [0.15, 0.2) is 0 Å². The second-order valence-corrected chi connectivity index (χ2v) is 6.79. The van der Waals surface area contributed by atoms with Crippen LogP contribution in [0.1, 0.15) is 27.7 Å². The average molecular weight is 271 g/mol. The van der Waals surface area contributed by atoms with E-state index in [4.69, 9.17) is 4.74 Å². The van der Waals surface area contributed by atoms with Crippen LogP contribution in [0.4, 0.5) is 0 Å². The SMILES string of the molecule is COCC(NCC(C)(C)N1CCN(C)CC1)C(C)C. The fraction of sp³-hybridized carbons (Fsp3) is 1.00. The Balaban J connectivity index is 2.44. The largest absolute Gasteiger partial charge is 0.383 e. The van der Waals surface area contributed by atoms with Crippen LogP contribution in [-0.4, -0.2) is 74.9 Å². The normalized spacial score (nSPS) is 21.0. The molecule has 1 aliphatic heterocycles. The highest BCUT2D eigenvalue weighted by Crippen LogP contribution is 2.16. The molecule has 0 aromatic heterocycles. The van der Waals surface area contributed by atoms with E-state index >= 15 is 0 Å². The Morgan fingerprint density at radius 3 is 2.21 bits per heavy atom. The predicted octanol–water partition coefficient (Wildman–Crippen LogP) is 1.27. The smallest absolute Gasteiger partial charge is 0.0618 e. The van der Waals surface area contributed by atoms with Crippen molar-refractivity contribution in [3.8, 4) is 0 Å².